The minimum atomic E-state index is 0.0582. The number of halogens is 1. The Kier molecular flexibility index (Phi) is 4.49. The molecule has 1 heterocycles. The van der Waals surface area contributed by atoms with Crippen molar-refractivity contribution in [1.82, 2.24) is 10.2 Å². The highest BCUT2D eigenvalue weighted by molar-refractivity contribution is 6.32. The molecule has 0 spiro atoms. The van der Waals surface area contributed by atoms with E-state index in [1.165, 1.54) is 6.42 Å². The molecule has 0 amide bonds. The molecular formula is C14H21ClN2O. The smallest absolute Gasteiger partial charge is 0.137 e. The number of ether oxygens (including phenoxy) is 1. The fraction of sp³-hybridized carbons (Fsp3) is 0.571. The van der Waals surface area contributed by atoms with Gasteiger partial charge in [0.15, 0.2) is 0 Å². The van der Waals surface area contributed by atoms with Gasteiger partial charge in [-0.05, 0) is 45.6 Å². The number of hydrogen-bond donors (Lipinski definition) is 1. The Morgan fingerprint density at radius 2 is 2.17 bits per heavy atom. The molecule has 100 valence electrons. The Labute approximate surface area is 114 Å². The summed E-state index contributed by atoms with van der Waals surface area (Å²) in [6, 6.07) is 7.64. The summed E-state index contributed by atoms with van der Waals surface area (Å²) in [7, 11) is 4.19. The van der Waals surface area contributed by atoms with E-state index in [2.05, 4.69) is 24.3 Å². The largest absolute Gasteiger partial charge is 0.490 e. The number of nitrogens with zero attached hydrogens (tertiary/aromatic N) is 1. The number of likely N-dealkylation sites (N-methyl/N-ethyl adjacent to an activating group) is 1. The topological polar surface area (TPSA) is 24.5 Å². The fourth-order valence-corrected chi connectivity index (χ4v) is 2.75. The van der Waals surface area contributed by atoms with E-state index in [4.69, 9.17) is 16.3 Å². The van der Waals surface area contributed by atoms with Gasteiger partial charge in [-0.1, -0.05) is 23.7 Å². The van der Waals surface area contributed by atoms with Crippen LogP contribution in [-0.4, -0.2) is 44.2 Å². The van der Waals surface area contributed by atoms with E-state index >= 15 is 0 Å². The summed E-state index contributed by atoms with van der Waals surface area (Å²) in [5.74, 6) is 0.769. The molecule has 0 aromatic heterocycles. The maximum atomic E-state index is 6.11. The Bertz CT molecular complexity index is 389. The molecule has 0 saturated carbocycles. The van der Waals surface area contributed by atoms with Crippen LogP contribution in [-0.2, 0) is 0 Å². The quantitative estimate of drug-likeness (QED) is 0.888. The zero-order valence-corrected chi connectivity index (χ0v) is 11.8. The van der Waals surface area contributed by atoms with Gasteiger partial charge in [0.05, 0.1) is 10.6 Å². The van der Waals surface area contributed by atoms with Crippen molar-refractivity contribution in [2.75, 3.05) is 33.8 Å². The van der Waals surface area contributed by atoms with Gasteiger partial charge in [0.2, 0.25) is 0 Å². The summed E-state index contributed by atoms with van der Waals surface area (Å²) in [6.07, 6.45) is 2.36. The van der Waals surface area contributed by atoms with Crippen LogP contribution in [0.5, 0.6) is 5.75 Å². The first kappa shape index (κ1) is 13.7. The summed E-state index contributed by atoms with van der Waals surface area (Å²) in [6.45, 7) is 2.71. The zero-order valence-electron chi connectivity index (χ0n) is 11.1. The van der Waals surface area contributed by atoms with Crippen LogP contribution >= 0.6 is 11.6 Å². The monoisotopic (exact) mass is 268 g/mol. The molecule has 1 saturated heterocycles. The second-order valence-corrected chi connectivity index (χ2v) is 5.67. The first-order valence-corrected chi connectivity index (χ1v) is 6.76. The maximum Gasteiger partial charge on any atom is 0.137 e. The van der Waals surface area contributed by atoms with Crippen molar-refractivity contribution in [2.45, 2.75) is 18.4 Å². The molecule has 3 nitrogen and oxygen atoms in total. The van der Waals surface area contributed by atoms with E-state index < -0.39 is 0 Å². The van der Waals surface area contributed by atoms with Crippen LogP contribution in [0.1, 0.15) is 12.8 Å². The number of rotatable bonds is 5. The van der Waals surface area contributed by atoms with Crippen molar-refractivity contribution >= 4 is 11.6 Å². The Morgan fingerprint density at radius 1 is 1.39 bits per heavy atom. The number of hydrogen-bond acceptors (Lipinski definition) is 3. The summed E-state index contributed by atoms with van der Waals surface area (Å²) in [5.41, 5.74) is 0.0582. The van der Waals surface area contributed by atoms with Crippen LogP contribution in [0.15, 0.2) is 24.3 Å². The third kappa shape index (κ3) is 3.37. The first-order valence-electron chi connectivity index (χ1n) is 6.38. The lowest BCUT2D eigenvalue weighted by molar-refractivity contribution is 0.160. The normalized spacial score (nSPS) is 23.6. The van der Waals surface area contributed by atoms with Gasteiger partial charge in [-0.2, -0.15) is 0 Å². The van der Waals surface area contributed by atoms with Crippen LogP contribution in [0.3, 0.4) is 0 Å². The summed E-state index contributed by atoms with van der Waals surface area (Å²) in [4.78, 5) is 2.20. The lowest BCUT2D eigenvalue weighted by Crippen LogP contribution is -2.52. The molecule has 0 radical (unpaired) electrons. The second-order valence-electron chi connectivity index (χ2n) is 5.27. The van der Waals surface area contributed by atoms with Crippen LogP contribution in [0.25, 0.3) is 0 Å². The van der Waals surface area contributed by atoms with E-state index in [1.807, 2.05) is 24.3 Å². The van der Waals surface area contributed by atoms with Crippen molar-refractivity contribution in [3.8, 4) is 5.75 Å². The van der Waals surface area contributed by atoms with E-state index in [9.17, 15) is 0 Å². The van der Waals surface area contributed by atoms with E-state index in [1.54, 1.807) is 0 Å². The lowest BCUT2D eigenvalue weighted by Gasteiger charge is -2.32. The highest BCUT2D eigenvalue weighted by Gasteiger charge is 2.34. The molecule has 1 aliphatic rings. The SMILES string of the molecule is CN(C)CC1(COc2ccccc2Cl)CCCN1. The van der Waals surface area contributed by atoms with Gasteiger partial charge >= 0.3 is 0 Å². The fourth-order valence-electron chi connectivity index (χ4n) is 2.56. The van der Waals surface area contributed by atoms with Gasteiger partial charge in [-0.3, -0.25) is 0 Å². The lowest BCUT2D eigenvalue weighted by atomic mass is 9.98. The van der Waals surface area contributed by atoms with Crippen molar-refractivity contribution in [2.24, 2.45) is 0 Å². The molecule has 2 rings (SSSR count). The molecule has 1 aromatic carbocycles. The van der Waals surface area contributed by atoms with Gasteiger partial charge in [-0.15, -0.1) is 0 Å². The average molecular weight is 269 g/mol. The molecule has 1 aliphatic heterocycles. The van der Waals surface area contributed by atoms with Crippen LogP contribution in [0.4, 0.5) is 0 Å². The van der Waals surface area contributed by atoms with Crippen molar-refractivity contribution in [3.63, 3.8) is 0 Å². The molecule has 1 atom stereocenters. The Balaban J connectivity index is 2.00. The van der Waals surface area contributed by atoms with Gasteiger partial charge in [0, 0.05) is 6.54 Å². The van der Waals surface area contributed by atoms with Crippen molar-refractivity contribution < 1.29 is 4.74 Å². The molecular weight excluding hydrogens is 248 g/mol. The van der Waals surface area contributed by atoms with Crippen LogP contribution in [0, 0.1) is 0 Å². The molecule has 1 aromatic rings. The summed E-state index contributed by atoms with van der Waals surface area (Å²) < 4.78 is 5.90. The molecule has 0 bridgehead atoms. The predicted octanol–water partition coefficient (Wildman–Crippen LogP) is 2.40. The first-order chi connectivity index (χ1) is 8.61. The highest BCUT2D eigenvalue weighted by Crippen LogP contribution is 2.26. The predicted molar refractivity (Wildman–Crippen MR) is 75.5 cm³/mol. The number of nitrogens with one attached hydrogen (secondary N) is 1. The second kappa shape index (κ2) is 5.91. The number of para-hydroxylation sites is 1. The Morgan fingerprint density at radius 3 is 2.78 bits per heavy atom. The number of benzene rings is 1. The van der Waals surface area contributed by atoms with Crippen LogP contribution in [0.2, 0.25) is 5.02 Å². The average Bonchev–Trinajstić information content (AvgIpc) is 2.76. The molecule has 1 fully saturated rings. The van der Waals surface area contributed by atoms with Gasteiger partial charge in [0.1, 0.15) is 12.4 Å². The van der Waals surface area contributed by atoms with E-state index in [-0.39, 0.29) is 5.54 Å². The highest BCUT2D eigenvalue weighted by atomic mass is 35.5. The minimum Gasteiger partial charge on any atom is -0.490 e. The maximum absolute atomic E-state index is 6.11. The molecule has 18 heavy (non-hydrogen) atoms. The molecule has 1 unspecified atom stereocenters. The standard InChI is InChI=1S/C14H21ClN2O/c1-17(2)10-14(8-5-9-16-14)11-18-13-7-4-3-6-12(13)15/h3-4,6-7,16H,5,8-11H2,1-2H3. The van der Waals surface area contributed by atoms with E-state index in [0.29, 0.717) is 11.6 Å². The minimum absolute atomic E-state index is 0.0582. The third-order valence-electron chi connectivity index (χ3n) is 3.29. The summed E-state index contributed by atoms with van der Waals surface area (Å²) >= 11 is 6.11. The zero-order chi connectivity index (χ0) is 13.0. The van der Waals surface area contributed by atoms with Crippen LogP contribution < -0.4 is 10.1 Å². The Hall–Kier alpha value is -0.770. The van der Waals surface area contributed by atoms with Gasteiger partial charge in [0.25, 0.3) is 0 Å². The van der Waals surface area contributed by atoms with Gasteiger partial charge in [-0.25, -0.2) is 0 Å². The van der Waals surface area contributed by atoms with Crippen molar-refractivity contribution in [1.29, 1.82) is 0 Å². The van der Waals surface area contributed by atoms with Crippen molar-refractivity contribution in [3.05, 3.63) is 29.3 Å². The molecule has 0 aliphatic carbocycles. The van der Waals surface area contributed by atoms with E-state index in [0.717, 1.165) is 25.3 Å². The molecule has 4 heteroatoms. The molecule has 1 N–H and O–H groups in total. The van der Waals surface area contributed by atoms with Gasteiger partial charge < -0.3 is 15.0 Å². The summed E-state index contributed by atoms with van der Waals surface area (Å²) in [5, 5.41) is 4.26. The third-order valence-corrected chi connectivity index (χ3v) is 3.60.